The first-order chi connectivity index (χ1) is 12.6. The van der Waals surface area contributed by atoms with E-state index < -0.39 is 0 Å². The quantitative estimate of drug-likeness (QED) is 0.561. The van der Waals surface area contributed by atoms with Crippen LogP contribution >= 0.6 is 0 Å². The first-order valence-corrected chi connectivity index (χ1v) is 8.40. The smallest absolute Gasteiger partial charge is 0.118 e. The minimum atomic E-state index is 0.840. The number of methoxy groups -OCH3 is 2. The highest BCUT2D eigenvalue weighted by Crippen LogP contribution is 2.27. The average molecular weight is 342 g/mol. The molecule has 0 saturated carbocycles. The predicted molar refractivity (Wildman–Crippen MR) is 109 cm³/mol. The van der Waals surface area contributed by atoms with Gasteiger partial charge in [-0.25, -0.2) is 0 Å². The van der Waals surface area contributed by atoms with E-state index in [1.165, 1.54) is 0 Å². The Balaban J connectivity index is 1.78. The van der Waals surface area contributed by atoms with Crippen LogP contribution in [0.5, 0.6) is 11.5 Å². The predicted octanol–water partition coefficient (Wildman–Crippen LogP) is 5.83. The molecule has 0 aliphatic rings. The highest BCUT2D eigenvalue weighted by molar-refractivity contribution is 5.82. The van der Waals surface area contributed by atoms with Gasteiger partial charge in [-0.3, -0.25) is 0 Å². The molecular weight excluding hydrogens is 320 g/mol. The van der Waals surface area contributed by atoms with E-state index in [0.29, 0.717) is 0 Å². The molecule has 0 amide bonds. The zero-order valence-electron chi connectivity index (χ0n) is 15.2. The number of ether oxygens (including phenoxy) is 2. The van der Waals surface area contributed by atoms with Crippen LogP contribution in [-0.2, 0) is 0 Å². The lowest BCUT2D eigenvalue weighted by Crippen LogP contribution is -1.90. The van der Waals surface area contributed by atoms with E-state index in [1.807, 2.05) is 48.5 Å². The highest BCUT2D eigenvalue weighted by Gasteiger charge is 2.06. The normalized spacial score (nSPS) is 10.2. The summed E-state index contributed by atoms with van der Waals surface area (Å²) in [6, 6.07) is 24.2. The molecule has 2 nitrogen and oxygen atoms in total. The van der Waals surface area contributed by atoms with Crippen molar-refractivity contribution in [1.29, 1.82) is 0 Å². The molecule has 0 radical (unpaired) electrons. The van der Waals surface area contributed by atoms with E-state index in [0.717, 1.165) is 44.9 Å². The van der Waals surface area contributed by atoms with Gasteiger partial charge in [0.25, 0.3) is 0 Å². The molecule has 0 atom stereocenters. The summed E-state index contributed by atoms with van der Waals surface area (Å²) < 4.78 is 10.4. The molecule has 3 aromatic carbocycles. The second-order valence-electron chi connectivity index (χ2n) is 5.99. The topological polar surface area (TPSA) is 18.5 Å². The molecule has 0 fully saturated rings. The Bertz CT molecular complexity index is 823. The van der Waals surface area contributed by atoms with Gasteiger partial charge in [0.05, 0.1) is 14.2 Å². The fourth-order valence-corrected chi connectivity index (χ4v) is 2.79. The summed E-state index contributed by atoms with van der Waals surface area (Å²) in [5.74, 6) is 1.68. The second-order valence-corrected chi connectivity index (χ2v) is 5.99. The highest BCUT2D eigenvalue weighted by atomic mass is 16.5. The van der Waals surface area contributed by atoms with E-state index in [2.05, 4.69) is 37.4 Å². The van der Waals surface area contributed by atoms with E-state index in [4.69, 9.17) is 9.47 Å². The largest absolute Gasteiger partial charge is 0.497 e. The molecule has 0 saturated heterocycles. The van der Waals surface area contributed by atoms with Crippen LogP contribution < -0.4 is 9.47 Å². The van der Waals surface area contributed by atoms with Gasteiger partial charge in [0.1, 0.15) is 11.5 Å². The van der Waals surface area contributed by atoms with Crippen molar-refractivity contribution < 1.29 is 9.47 Å². The van der Waals surface area contributed by atoms with Crippen molar-refractivity contribution in [3.8, 4) is 11.5 Å². The van der Waals surface area contributed by atoms with E-state index >= 15 is 0 Å². The summed E-state index contributed by atoms with van der Waals surface area (Å²) in [6.07, 6.45) is 0. The number of benzene rings is 3. The molecule has 0 aliphatic heterocycles. The van der Waals surface area contributed by atoms with Gasteiger partial charge >= 0.3 is 0 Å². The molecule has 0 N–H and O–H groups in total. The molecule has 26 heavy (non-hydrogen) atoms. The fraction of sp³-hybridized carbons (Fsp3) is 0.0833. The molecule has 0 aromatic heterocycles. The number of hydrogen-bond acceptors (Lipinski definition) is 2. The SMILES string of the molecule is C=C(c1ccc(OC)cc1)c1ccc(C(=C)c2ccc(OC)cc2)cc1. The van der Waals surface area contributed by atoms with Gasteiger partial charge in [0, 0.05) is 0 Å². The molecule has 3 aromatic rings. The molecule has 130 valence electrons. The molecule has 0 aliphatic carbocycles. The number of hydrogen-bond donors (Lipinski definition) is 0. The Hall–Kier alpha value is -3.26. The van der Waals surface area contributed by atoms with Crippen LogP contribution in [-0.4, -0.2) is 14.2 Å². The zero-order valence-corrected chi connectivity index (χ0v) is 15.2. The zero-order chi connectivity index (χ0) is 18.5. The van der Waals surface area contributed by atoms with Crippen LogP contribution in [0.15, 0.2) is 86.0 Å². The molecule has 0 heterocycles. The van der Waals surface area contributed by atoms with Crippen molar-refractivity contribution in [2.45, 2.75) is 0 Å². The van der Waals surface area contributed by atoms with Gasteiger partial charge < -0.3 is 9.47 Å². The first-order valence-electron chi connectivity index (χ1n) is 8.40. The van der Waals surface area contributed by atoms with Crippen molar-refractivity contribution in [3.63, 3.8) is 0 Å². The maximum atomic E-state index is 5.21. The van der Waals surface area contributed by atoms with Crippen molar-refractivity contribution >= 4 is 11.1 Å². The molecular formula is C24H22O2. The molecule has 3 rings (SSSR count). The maximum absolute atomic E-state index is 5.21. The standard InChI is InChI=1S/C24H22O2/c1-17(21-9-13-23(25-3)14-10-21)19-5-7-20(8-6-19)18(2)22-11-15-24(26-4)16-12-22/h5-16H,1-2H2,3-4H3. The summed E-state index contributed by atoms with van der Waals surface area (Å²) in [5, 5.41) is 0. The average Bonchev–Trinajstić information content (AvgIpc) is 2.73. The molecule has 0 spiro atoms. The first kappa shape index (κ1) is 17.6. The maximum Gasteiger partial charge on any atom is 0.118 e. The van der Waals surface area contributed by atoms with Crippen molar-refractivity contribution in [1.82, 2.24) is 0 Å². The van der Waals surface area contributed by atoms with Crippen LogP contribution in [0, 0.1) is 0 Å². The minimum Gasteiger partial charge on any atom is -0.497 e. The van der Waals surface area contributed by atoms with E-state index in [9.17, 15) is 0 Å². The Morgan fingerprint density at radius 2 is 0.731 bits per heavy atom. The van der Waals surface area contributed by atoms with Gasteiger partial charge in [-0.15, -0.1) is 0 Å². The van der Waals surface area contributed by atoms with Crippen LogP contribution in [0.2, 0.25) is 0 Å². The van der Waals surface area contributed by atoms with E-state index in [1.54, 1.807) is 14.2 Å². The Labute approximate surface area is 155 Å². The number of rotatable bonds is 6. The van der Waals surface area contributed by atoms with Gasteiger partial charge in [-0.05, 0) is 57.7 Å². The molecule has 0 unspecified atom stereocenters. The van der Waals surface area contributed by atoms with Crippen LogP contribution in [0.25, 0.3) is 11.1 Å². The Morgan fingerprint density at radius 1 is 0.500 bits per heavy atom. The lowest BCUT2D eigenvalue weighted by molar-refractivity contribution is 0.414. The second kappa shape index (κ2) is 7.75. The summed E-state index contributed by atoms with van der Waals surface area (Å²) in [5.41, 5.74) is 6.28. The van der Waals surface area contributed by atoms with Crippen LogP contribution in [0.4, 0.5) is 0 Å². The van der Waals surface area contributed by atoms with Gasteiger partial charge in [-0.2, -0.15) is 0 Å². The third-order valence-electron chi connectivity index (χ3n) is 4.46. The Kier molecular flexibility index (Phi) is 5.23. The molecule has 0 bridgehead atoms. The summed E-state index contributed by atoms with van der Waals surface area (Å²) in [7, 11) is 3.33. The third-order valence-corrected chi connectivity index (χ3v) is 4.46. The monoisotopic (exact) mass is 342 g/mol. The van der Waals surface area contributed by atoms with Crippen molar-refractivity contribution in [3.05, 3.63) is 108 Å². The molecule has 2 heteroatoms. The van der Waals surface area contributed by atoms with Gasteiger partial charge in [-0.1, -0.05) is 61.7 Å². The van der Waals surface area contributed by atoms with Gasteiger partial charge in [0.15, 0.2) is 0 Å². The Morgan fingerprint density at radius 3 is 0.962 bits per heavy atom. The van der Waals surface area contributed by atoms with Crippen molar-refractivity contribution in [2.24, 2.45) is 0 Å². The van der Waals surface area contributed by atoms with E-state index in [-0.39, 0.29) is 0 Å². The van der Waals surface area contributed by atoms with Gasteiger partial charge in [0.2, 0.25) is 0 Å². The van der Waals surface area contributed by atoms with Crippen LogP contribution in [0.1, 0.15) is 22.3 Å². The van der Waals surface area contributed by atoms with Crippen molar-refractivity contribution in [2.75, 3.05) is 14.2 Å². The summed E-state index contributed by atoms with van der Waals surface area (Å²) in [4.78, 5) is 0. The lowest BCUT2D eigenvalue weighted by atomic mass is 9.95. The minimum absolute atomic E-state index is 0.840. The van der Waals surface area contributed by atoms with Crippen LogP contribution in [0.3, 0.4) is 0 Å². The fourth-order valence-electron chi connectivity index (χ4n) is 2.79. The third kappa shape index (κ3) is 3.70. The lowest BCUT2D eigenvalue weighted by Gasteiger charge is -2.11. The summed E-state index contributed by atoms with van der Waals surface area (Å²) in [6.45, 7) is 8.45. The summed E-state index contributed by atoms with van der Waals surface area (Å²) >= 11 is 0.